The van der Waals surface area contributed by atoms with Gasteiger partial charge in [-0.05, 0) is 64.8 Å². The number of para-hydroxylation sites is 1. The molecule has 3 aromatic carbocycles. The summed E-state index contributed by atoms with van der Waals surface area (Å²) in [5.41, 5.74) is 3.76. The summed E-state index contributed by atoms with van der Waals surface area (Å²) in [5.74, 6) is -1.07. The second kappa shape index (κ2) is 10.0. The van der Waals surface area contributed by atoms with Gasteiger partial charge in [0.25, 0.3) is 5.91 Å². The molecule has 0 radical (unpaired) electrons. The van der Waals surface area contributed by atoms with Gasteiger partial charge in [-0.2, -0.15) is 0 Å². The van der Waals surface area contributed by atoms with Gasteiger partial charge in [0.15, 0.2) is 6.61 Å². The molecule has 0 aliphatic rings. The highest BCUT2D eigenvalue weighted by atomic mass is 79.9. The minimum atomic E-state index is -0.604. The van der Waals surface area contributed by atoms with Gasteiger partial charge in [-0.25, -0.2) is 9.78 Å². The number of rotatable bonds is 5. The quantitative estimate of drug-likeness (QED) is 0.251. The molecule has 8 heteroatoms. The summed E-state index contributed by atoms with van der Waals surface area (Å²) in [7, 11) is 0. The van der Waals surface area contributed by atoms with E-state index in [9.17, 15) is 9.59 Å². The summed E-state index contributed by atoms with van der Waals surface area (Å²) in [4.78, 5) is 30.1. The molecule has 1 aromatic heterocycles. The van der Waals surface area contributed by atoms with Crippen molar-refractivity contribution >= 4 is 71.9 Å². The lowest BCUT2D eigenvalue weighted by Crippen LogP contribution is -2.21. The fourth-order valence-corrected chi connectivity index (χ4v) is 4.15. The lowest BCUT2D eigenvalue weighted by molar-refractivity contribution is -0.119. The molecule has 1 N–H and O–H groups in total. The van der Waals surface area contributed by atoms with Crippen LogP contribution >= 0.6 is 43.5 Å². The van der Waals surface area contributed by atoms with Gasteiger partial charge < -0.3 is 10.1 Å². The largest absolute Gasteiger partial charge is 0.452 e. The molecular weight excluding hydrogens is 572 g/mol. The van der Waals surface area contributed by atoms with Crippen molar-refractivity contribution in [1.29, 1.82) is 0 Å². The zero-order chi connectivity index (χ0) is 23.5. The molecule has 0 saturated heterocycles. The van der Waals surface area contributed by atoms with Crippen LogP contribution in [0.5, 0.6) is 0 Å². The Labute approximate surface area is 212 Å². The Morgan fingerprint density at radius 2 is 1.76 bits per heavy atom. The van der Waals surface area contributed by atoms with Crippen molar-refractivity contribution in [1.82, 2.24) is 4.98 Å². The molecule has 33 heavy (non-hydrogen) atoms. The normalized spacial score (nSPS) is 10.8. The number of aromatic nitrogens is 1. The third-order valence-electron chi connectivity index (χ3n) is 5.02. The Balaban J connectivity index is 1.56. The molecule has 0 saturated carbocycles. The molecule has 0 aliphatic carbocycles. The minimum absolute atomic E-state index is 0.342. The zero-order valence-corrected chi connectivity index (χ0v) is 21.3. The number of nitrogens with one attached hydrogen (secondary N) is 1. The number of esters is 1. The van der Waals surface area contributed by atoms with Gasteiger partial charge >= 0.3 is 5.97 Å². The molecule has 1 amide bonds. The first-order valence-electron chi connectivity index (χ1n) is 9.91. The molecule has 4 rings (SSSR count). The maximum Gasteiger partial charge on any atom is 0.339 e. The number of carbonyl (C=O) groups excluding carboxylic acids is 2. The van der Waals surface area contributed by atoms with E-state index in [4.69, 9.17) is 16.3 Å². The van der Waals surface area contributed by atoms with Crippen LogP contribution in [0, 0.1) is 6.92 Å². The van der Waals surface area contributed by atoms with Gasteiger partial charge in [0.05, 0.1) is 21.8 Å². The van der Waals surface area contributed by atoms with Crippen molar-refractivity contribution in [3.05, 3.63) is 91.8 Å². The minimum Gasteiger partial charge on any atom is -0.452 e. The Morgan fingerprint density at radius 1 is 1.03 bits per heavy atom. The molecular formula is C25H17Br2ClN2O3. The van der Waals surface area contributed by atoms with E-state index in [0.29, 0.717) is 38.4 Å². The Hall–Kier alpha value is -2.74. The van der Waals surface area contributed by atoms with Gasteiger partial charge in [0.1, 0.15) is 0 Å². The topological polar surface area (TPSA) is 68.3 Å². The van der Waals surface area contributed by atoms with Crippen LogP contribution in [0.25, 0.3) is 22.2 Å². The van der Waals surface area contributed by atoms with Crippen LogP contribution in [0.2, 0.25) is 5.02 Å². The van der Waals surface area contributed by atoms with Crippen LogP contribution in [0.4, 0.5) is 5.69 Å². The van der Waals surface area contributed by atoms with Crippen LogP contribution in [-0.2, 0) is 9.53 Å². The van der Waals surface area contributed by atoms with Crippen LogP contribution in [-0.4, -0.2) is 23.5 Å². The highest BCUT2D eigenvalue weighted by molar-refractivity contribution is 9.10. The first kappa shape index (κ1) is 23.4. The fourth-order valence-electron chi connectivity index (χ4n) is 3.30. The van der Waals surface area contributed by atoms with E-state index < -0.39 is 18.5 Å². The lowest BCUT2D eigenvalue weighted by Gasteiger charge is -2.12. The monoisotopic (exact) mass is 586 g/mol. The first-order chi connectivity index (χ1) is 15.8. The molecule has 1 heterocycles. The Morgan fingerprint density at radius 3 is 2.52 bits per heavy atom. The van der Waals surface area contributed by atoms with Crippen LogP contribution < -0.4 is 5.32 Å². The molecule has 0 aliphatic heterocycles. The smallest absolute Gasteiger partial charge is 0.339 e. The van der Waals surface area contributed by atoms with Crippen molar-refractivity contribution < 1.29 is 14.3 Å². The summed E-state index contributed by atoms with van der Waals surface area (Å²) < 4.78 is 7.02. The second-order valence-electron chi connectivity index (χ2n) is 7.24. The third kappa shape index (κ3) is 5.27. The predicted molar refractivity (Wildman–Crippen MR) is 138 cm³/mol. The van der Waals surface area contributed by atoms with Gasteiger partial charge in [0.2, 0.25) is 0 Å². The molecule has 0 atom stereocenters. The number of hydrogen-bond donors (Lipinski definition) is 1. The van der Waals surface area contributed by atoms with E-state index in [2.05, 4.69) is 42.2 Å². The average Bonchev–Trinajstić information content (AvgIpc) is 2.82. The predicted octanol–water partition coefficient (Wildman–Crippen LogP) is 7.18. The standard InChI is InChI=1S/C25H17Br2ClN2O3/c1-14-20(11-10-19(27)24(14)28)30-23(31)13-33-25(32)18-12-22(15-6-8-16(26)9-7-15)29-21-5-3-2-4-17(18)21/h2-12H,13H2,1H3,(H,30,31). The van der Waals surface area contributed by atoms with Gasteiger partial charge in [-0.3, -0.25) is 4.79 Å². The summed E-state index contributed by atoms with van der Waals surface area (Å²) in [5, 5.41) is 3.89. The van der Waals surface area contributed by atoms with Crippen LogP contribution in [0.3, 0.4) is 0 Å². The molecule has 166 valence electrons. The SMILES string of the molecule is Cc1c(NC(=O)COC(=O)c2cc(-c3ccc(Br)cc3)nc3ccccc23)ccc(Br)c1Cl. The maximum atomic E-state index is 13.0. The van der Waals surface area contributed by atoms with Crippen molar-refractivity contribution in [2.45, 2.75) is 6.92 Å². The van der Waals surface area contributed by atoms with Crippen LogP contribution in [0.15, 0.2) is 75.7 Å². The highest BCUT2D eigenvalue weighted by Crippen LogP contribution is 2.31. The van der Waals surface area contributed by atoms with E-state index in [1.54, 1.807) is 31.2 Å². The number of amides is 1. The highest BCUT2D eigenvalue weighted by Gasteiger charge is 2.17. The number of hydrogen-bond acceptors (Lipinski definition) is 4. The number of fused-ring (bicyclic) bond motifs is 1. The van der Waals surface area contributed by atoms with Crippen LogP contribution in [0.1, 0.15) is 15.9 Å². The Kier molecular flexibility index (Phi) is 7.12. The number of ether oxygens (including phenoxy) is 1. The van der Waals surface area contributed by atoms with E-state index in [1.165, 1.54) is 0 Å². The number of halogens is 3. The molecule has 4 aromatic rings. The lowest BCUT2D eigenvalue weighted by atomic mass is 10.0. The first-order valence-corrected chi connectivity index (χ1v) is 11.9. The molecule has 0 unspecified atom stereocenters. The van der Waals surface area contributed by atoms with Gasteiger partial charge in [-0.1, -0.05) is 57.9 Å². The number of anilines is 1. The fraction of sp³-hybridized carbons (Fsp3) is 0.0800. The van der Waals surface area contributed by atoms with Gasteiger partial charge in [-0.15, -0.1) is 0 Å². The average molecular weight is 589 g/mol. The molecule has 5 nitrogen and oxygen atoms in total. The summed E-state index contributed by atoms with van der Waals surface area (Å²) in [6.07, 6.45) is 0. The second-order valence-corrected chi connectivity index (χ2v) is 9.39. The number of nitrogens with zero attached hydrogens (tertiary/aromatic N) is 1. The number of pyridine rings is 1. The van der Waals surface area contributed by atoms with E-state index in [0.717, 1.165) is 14.5 Å². The third-order valence-corrected chi connectivity index (χ3v) is 6.93. The van der Waals surface area contributed by atoms with Crippen molar-refractivity contribution in [3.63, 3.8) is 0 Å². The molecule has 0 spiro atoms. The zero-order valence-electron chi connectivity index (χ0n) is 17.4. The van der Waals surface area contributed by atoms with Crippen molar-refractivity contribution in [2.75, 3.05) is 11.9 Å². The molecule has 0 bridgehead atoms. The number of carbonyl (C=O) groups is 2. The number of benzene rings is 3. The summed E-state index contributed by atoms with van der Waals surface area (Å²) in [6, 6.07) is 20.1. The summed E-state index contributed by atoms with van der Waals surface area (Å²) >= 11 is 13.0. The van der Waals surface area contributed by atoms with E-state index in [1.807, 2.05) is 42.5 Å². The maximum absolute atomic E-state index is 13.0. The van der Waals surface area contributed by atoms with E-state index >= 15 is 0 Å². The van der Waals surface area contributed by atoms with Gasteiger partial charge in [0, 0.05) is 25.6 Å². The van der Waals surface area contributed by atoms with Crippen molar-refractivity contribution in [3.8, 4) is 11.3 Å². The van der Waals surface area contributed by atoms with E-state index in [-0.39, 0.29) is 0 Å². The molecule has 0 fully saturated rings. The summed E-state index contributed by atoms with van der Waals surface area (Å²) in [6.45, 7) is 1.36. The van der Waals surface area contributed by atoms with Crippen molar-refractivity contribution in [2.24, 2.45) is 0 Å². The Bertz CT molecular complexity index is 1370.